The van der Waals surface area contributed by atoms with Crippen LogP contribution in [0.25, 0.3) is 22.2 Å². The van der Waals surface area contributed by atoms with Crippen molar-refractivity contribution >= 4 is 22.5 Å². The van der Waals surface area contributed by atoms with Gasteiger partial charge in [-0.3, -0.25) is 9.48 Å². The predicted molar refractivity (Wildman–Crippen MR) is 113 cm³/mol. The smallest absolute Gasteiger partial charge is 0.310 e. The van der Waals surface area contributed by atoms with Gasteiger partial charge in [0.25, 0.3) is 5.91 Å². The molecule has 2 heterocycles. The molecule has 2 aromatic heterocycles. The van der Waals surface area contributed by atoms with Gasteiger partial charge in [0.15, 0.2) is 0 Å². The number of alkyl halides is 3. The first-order valence-electron chi connectivity index (χ1n) is 9.50. The molecule has 31 heavy (non-hydrogen) atoms. The first kappa shape index (κ1) is 20.6. The second-order valence-corrected chi connectivity index (χ2v) is 7.31. The van der Waals surface area contributed by atoms with Gasteiger partial charge in [-0.1, -0.05) is 12.1 Å². The van der Waals surface area contributed by atoms with Crippen molar-refractivity contribution in [3.8, 4) is 11.3 Å². The third kappa shape index (κ3) is 3.88. The molecule has 5 nitrogen and oxygen atoms in total. The van der Waals surface area contributed by atoms with E-state index in [1.807, 2.05) is 25.1 Å². The summed E-state index contributed by atoms with van der Waals surface area (Å²) in [6, 6.07) is 14.1. The molecule has 0 radical (unpaired) electrons. The number of aryl methyl sites for hydroxylation is 2. The largest absolute Gasteiger partial charge is 0.416 e. The fourth-order valence-corrected chi connectivity index (χ4v) is 3.52. The molecule has 4 rings (SSSR count). The van der Waals surface area contributed by atoms with Gasteiger partial charge in [0.2, 0.25) is 0 Å². The zero-order valence-corrected chi connectivity index (χ0v) is 17.1. The number of anilines is 1. The third-order valence-electron chi connectivity index (χ3n) is 5.22. The zero-order valence-electron chi connectivity index (χ0n) is 17.1. The number of rotatable bonds is 3. The van der Waals surface area contributed by atoms with Gasteiger partial charge in [0.1, 0.15) is 5.69 Å². The van der Waals surface area contributed by atoms with Crippen molar-refractivity contribution in [2.75, 3.05) is 11.9 Å². The first-order chi connectivity index (χ1) is 14.6. The molecule has 0 atom stereocenters. The average Bonchev–Trinajstić information content (AvgIpc) is 3.17. The molecule has 0 saturated heterocycles. The fraction of sp³-hybridized carbons (Fsp3) is 0.174. The lowest BCUT2D eigenvalue weighted by Crippen LogP contribution is -2.28. The number of halogens is 3. The maximum Gasteiger partial charge on any atom is 0.416 e. The van der Waals surface area contributed by atoms with Gasteiger partial charge in [0, 0.05) is 36.9 Å². The van der Waals surface area contributed by atoms with Crippen LogP contribution in [0.2, 0.25) is 0 Å². The van der Waals surface area contributed by atoms with Crippen molar-refractivity contribution in [3.63, 3.8) is 0 Å². The minimum atomic E-state index is -4.39. The van der Waals surface area contributed by atoms with Crippen LogP contribution < -0.4 is 4.90 Å². The summed E-state index contributed by atoms with van der Waals surface area (Å²) in [6.07, 6.45) is -2.82. The lowest BCUT2D eigenvalue weighted by Gasteiger charge is -2.20. The maximum absolute atomic E-state index is 12.9. The Labute approximate surface area is 176 Å². The van der Waals surface area contributed by atoms with Crippen molar-refractivity contribution < 1.29 is 18.0 Å². The molecule has 8 heteroatoms. The molecule has 0 bridgehead atoms. The van der Waals surface area contributed by atoms with Gasteiger partial charge < -0.3 is 4.90 Å². The van der Waals surface area contributed by atoms with Crippen molar-refractivity contribution in [2.24, 2.45) is 7.05 Å². The number of carbonyl (C=O) groups excluding carboxylic acids is 1. The highest BCUT2D eigenvalue weighted by molar-refractivity contribution is 6.05. The summed E-state index contributed by atoms with van der Waals surface area (Å²) in [5, 5.41) is 4.46. The molecule has 1 amide bonds. The van der Waals surface area contributed by atoms with E-state index >= 15 is 0 Å². The molecule has 0 spiro atoms. The summed E-state index contributed by atoms with van der Waals surface area (Å²) in [6.45, 7) is 1.89. The summed E-state index contributed by atoms with van der Waals surface area (Å²) >= 11 is 0. The van der Waals surface area contributed by atoms with Gasteiger partial charge in [-0.2, -0.15) is 18.3 Å². The topological polar surface area (TPSA) is 51.0 Å². The van der Waals surface area contributed by atoms with Crippen molar-refractivity contribution in [3.05, 3.63) is 77.6 Å². The van der Waals surface area contributed by atoms with E-state index in [2.05, 4.69) is 10.1 Å². The van der Waals surface area contributed by atoms with E-state index in [0.717, 1.165) is 28.9 Å². The predicted octanol–water partition coefficient (Wildman–Crippen LogP) is 5.24. The van der Waals surface area contributed by atoms with Crippen LogP contribution in [0, 0.1) is 6.92 Å². The normalized spacial score (nSPS) is 11.7. The van der Waals surface area contributed by atoms with Crippen molar-refractivity contribution in [1.29, 1.82) is 0 Å². The Kier molecular flexibility index (Phi) is 5.00. The number of benzene rings is 2. The third-order valence-corrected chi connectivity index (χ3v) is 5.22. The van der Waals surface area contributed by atoms with Gasteiger partial charge in [-0.25, -0.2) is 4.98 Å². The van der Waals surface area contributed by atoms with Crippen LogP contribution in [-0.2, 0) is 13.2 Å². The van der Waals surface area contributed by atoms with Crippen LogP contribution in [0.5, 0.6) is 0 Å². The monoisotopic (exact) mass is 424 g/mol. The molecular formula is C23H19F3N4O. The van der Waals surface area contributed by atoms with E-state index in [-0.39, 0.29) is 5.91 Å². The quantitative estimate of drug-likeness (QED) is 0.452. The molecular weight excluding hydrogens is 405 g/mol. The molecule has 0 N–H and O–H groups in total. The van der Waals surface area contributed by atoms with E-state index in [4.69, 9.17) is 0 Å². The Morgan fingerprint density at radius 2 is 1.81 bits per heavy atom. The van der Waals surface area contributed by atoms with Crippen LogP contribution in [0.1, 0.15) is 21.6 Å². The Hall–Kier alpha value is -3.68. The first-order valence-corrected chi connectivity index (χ1v) is 9.50. The zero-order chi connectivity index (χ0) is 22.3. The highest BCUT2D eigenvalue weighted by atomic mass is 19.4. The molecule has 0 aliphatic carbocycles. The minimum Gasteiger partial charge on any atom is -0.310 e. The van der Waals surface area contributed by atoms with Gasteiger partial charge in [-0.15, -0.1) is 0 Å². The Morgan fingerprint density at radius 1 is 1.03 bits per heavy atom. The summed E-state index contributed by atoms with van der Waals surface area (Å²) in [5.41, 5.74) is 3.31. The second kappa shape index (κ2) is 7.54. The number of nitrogens with zero attached hydrogens (tertiary/aromatic N) is 4. The van der Waals surface area contributed by atoms with Gasteiger partial charge in [-0.05, 0) is 55.0 Å². The summed E-state index contributed by atoms with van der Waals surface area (Å²) in [4.78, 5) is 18.8. The number of hydrogen-bond acceptors (Lipinski definition) is 3. The fourth-order valence-electron chi connectivity index (χ4n) is 3.52. The van der Waals surface area contributed by atoms with E-state index in [1.165, 1.54) is 10.7 Å². The maximum atomic E-state index is 12.9. The van der Waals surface area contributed by atoms with Gasteiger partial charge >= 0.3 is 6.18 Å². The van der Waals surface area contributed by atoms with E-state index < -0.39 is 11.7 Å². The number of aromatic nitrogens is 3. The molecule has 0 aliphatic heterocycles. The Bertz CT molecular complexity index is 1290. The SMILES string of the molecule is Cc1cc(-c2ccc3cc(C(F)(F)F)ccc3n2)ccc1N(C)C(=O)c1ccnn1C. The standard InChI is InChI=1S/C23H19F3N4O/c1-14-12-15(5-9-20(14)29(2)22(31)21-10-11-27-30(21)3)18-7-4-16-13-17(23(24,25)26)6-8-19(16)28-18/h4-13H,1-3H3. The van der Waals surface area contributed by atoms with Crippen LogP contribution in [0.3, 0.4) is 0 Å². The van der Waals surface area contributed by atoms with Crippen molar-refractivity contribution in [1.82, 2.24) is 14.8 Å². The molecule has 158 valence electrons. The molecule has 0 unspecified atom stereocenters. The Morgan fingerprint density at radius 3 is 2.45 bits per heavy atom. The highest BCUT2D eigenvalue weighted by Gasteiger charge is 2.30. The molecule has 4 aromatic rings. The van der Waals surface area contributed by atoms with Crippen LogP contribution in [-0.4, -0.2) is 27.7 Å². The van der Waals surface area contributed by atoms with E-state index in [0.29, 0.717) is 22.3 Å². The molecule has 0 saturated carbocycles. The van der Waals surface area contributed by atoms with Crippen LogP contribution >= 0.6 is 0 Å². The number of hydrogen-bond donors (Lipinski definition) is 0. The average molecular weight is 424 g/mol. The summed E-state index contributed by atoms with van der Waals surface area (Å²) < 4.78 is 40.3. The lowest BCUT2D eigenvalue weighted by molar-refractivity contribution is -0.137. The van der Waals surface area contributed by atoms with Gasteiger partial charge in [0.05, 0.1) is 16.8 Å². The molecule has 0 fully saturated rings. The molecule has 2 aromatic carbocycles. The lowest BCUT2D eigenvalue weighted by atomic mass is 10.0. The second-order valence-electron chi connectivity index (χ2n) is 7.31. The minimum absolute atomic E-state index is 0.180. The summed E-state index contributed by atoms with van der Waals surface area (Å²) in [7, 11) is 3.41. The van der Waals surface area contributed by atoms with Crippen LogP contribution in [0.4, 0.5) is 18.9 Å². The summed E-state index contributed by atoms with van der Waals surface area (Å²) in [5.74, 6) is -0.180. The van der Waals surface area contributed by atoms with Crippen LogP contribution in [0.15, 0.2) is 60.8 Å². The van der Waals surface area contributed by atoms with E-state index in [9.17, 15) is 18.0 Å². The van der Waals surface area contributed by atoms with Crippen molar-refractivity contribution in [2.45, 2.75) is 13.1 Å². The number of amides is 1. The number of fused-ring (bicyclic) bond motifs is 1. The van der Waals surface area contributed by atoms with E-state index in [1.54, 1.807) is 43.4 Å². The molecule has 0 aliphatic rings. The number of pyridine rings is 1. The Balaban J connectivity index is 1.65. The highest BCUT2D eigenvalue weighted by Crippen LogP contribution is 2.32. The number of carbonyl (C=O) groups is 1.